The highest BCUT2D eigenvalue weighted by molar-refractivity contribution is 5.96. The minimum Gasteiger partial charge on any atom is -0.382 e. The molecular weight excluding hydrogens is 445 g/mol. The van der Waals surface area contributed by atoms with E-state index in [2.05, 4.69) is 10.4 Å². The van der Waals surface area contributed by atoms with E-state index in [-0.39, 0.29) is 12.3 Å². The Morgan fingerprint density at radius 2 is 1.97 bits per heavy atom. The second-order valence-electron chi connectivity index (χ2n) is 7.68. The summed E-state index contributed by atoms with van der Waals surface area (Å²) in [5, 5.41) is 25.5. The lowest BCUT2D eigenvalue weighted by Crippen LogP contribution is -2.16. The fourth-order valence-electron chi connectivity index (χ4n) is 3.31. The molecule has 0 saturated carbocycles. The van der Waals surface area contributed by atoms with Gasteiger partial charge in [-0.25, -0.2) is 13.2 Å². The Morgan fingerprint density at radius 1 is 1.24 bits per heavy atom. The average molecular weight is 473 g/mol. The Balaban J connectivity index is 1.90. The van der Waals surface area contributed by atoms with Crippen LogP contribution in [0.2, 0.25) is 0 Å². The van der Waals surface area contributed by atoms with Crippen LogP contribution < -0.4 is 5.32 Å². The van der Waals surface area contributed by atoms with Crippen molar-refractivity contribution in [2.24, 2.45) is 0 Å². The molecule has 0 bridgehead atoms. The molecule has 0 radical (unpaired) electrons. The van der Waals surface area contributed by atoms with Crippen LogP contribution >= 0.6 is 0 Å². The third-order valence-corrected chi connectivity index (χ3v) is 5.21. The van der Waals surface area contributed by atoms with Gasteiger partial charge in [-0.1, -0.05) is 30.3 Å². The zero-order valence-electron chi connectivity index (χ0n) is 18.9. The number of anilines is 1. The molecule has 0 aliphatic heterocycles. The second kappa shape index (κ2) is 11.6. The highest BCUT2D eigenvalue weighted by atomic mass is 19.3. The molecule has 1 aromatic heterocycles. The van der Waals surface area contributed by atoms with E-state index in [0.717, 1.165) is 11.6 Å². The van der Waals surface area contributed by atoms with Crippen molar-refractivity contribution in [1.82, 2.24) is 9.78 Å². The molecule has 2 atom stereocenters. The quantitative estimate of drug-likeness (QED) is 0.316. The third-order valence-electron chi connectivity index (χ3n) is 5.21. The fourth-order valence-corrected chi connectivity index (χ4v) is 3.31. The lowest BCUT2D eigenvalue weighted by molar-refractivity contribution is 0.0528. The molecule has 0 fully saturated rings. The third kappa shape index (κ3) is 6.55. The number of nitrogens with zero attached hydrogens (tertiary/aromatic N) is 2. The van der Waals surface area contributed by atoms with Crippen molar-refractivity contribution in [3.8, 4) is 0 Å². The van der Waals surface area contributed by atoms with Crippen molar-refractivity contribution >= 4 is 11.4 Å². The molecule has 1 heterocycles. The highest BCUT2D eigenvalue weighted by Crippen LogP contribution is 2.31. The van der Waals surface area contributed by atoms with Crippen molar-refractivity contribution in [1.29, 1.82) is 5.41 Å². The van der Waals surface area contributed by atoms with Gasteiger partial charge in [-0.2, -0.15) is 5.10 Å². The molecule has 0 saturated heterocycles. The van der Waals surface area contributed by atoms with E-state index in [1.54, 1.807) is 17.8 Å². The fraction of sp³-hybridized carbons (Fsp3) is 0.280. The van der Waals surface area contributed by atoms with E-state index < -0.39 is 30.2 Å². The number of nitrogens with one attached hydrogen (secondary N) is 2. The number of aliphatic hydroxyl groups is 1. The SMILES string of the molecule is CCn1cc(C(O)/C(=C/C(=N)C(F)F)Nc2ccc(F)cc2[C@@H](C)OCc2ccccc2)cn1. The molecule has 0 aliphatic carbocycles. The van der Waals surface area contributed by atoms with Gasteiger partial charge in [0.2, 0.25) is 0 Å². The number of ether oxygens (including phenoxy) is 1. The number of alkyl halides is 2. The molecule has 0 amide bonds. The first-order valence-corrected chi connectivity index (χ1v) is 10.8. The van der Waals surface area contributed by atoms with E-state index >= 15 is 0 Å². The van der Waals surface area contributed by atoms with Crippen LogP contribution in [-0.4, -0.2) is 27.0 Å². The van der Waals surface area contributed by atoms with Crippen molar-refractivity contribution < 1.29 is 23.0 Å². The van der Waals surface area contributed by atoms with Crippen LogP contribution in [0.5, 0.6) is 0 Å². The number of aliphatic hydroxyl groups excluding tert-OH is 1. The van der Waals surface area contributed by atoms with Gasteiger partial charge in [0.05, 0.1) is 30.3 Å². The summed E-state index contributed by atoms with van der Waals surface area (Å²) in [6.07, 6.45) is -1.06. The molecule has 0 aliphatic rings. The zero-order chi connectivity index (χ0) is 24.7. The number of allylic oxidation sites excluding steroid dienone is 1. The van der Waals surface area contributed by atoms with Crippen LogP contribution in [0.4, 0.5) is 18.9 Å². The Hall–Kier alpha value is -3.43. The summed E-state index contributed by atoms with van der Waals surface area (Å²) in [6.45, 7) is 4.46. The van der Waals surface area contributed by atoms with Gasteiger partial charge >= 0.3 is 0 Å². The van der Waals surface area contributed by atoms with Crippen LogP contribution in [0, 0.1) is 11.2 Å². The molecule has 3 N–H and O–H groups in total. The van der Waals surface area contributed by atoms with E-state index in [9.17, 15) is 18.3 Å². The maximum atomic E-state index is 14.1. The molecule has 3 aromatic rings. The average Bonchev–Trinajstić information content (AvgIpc) is 3.32. The molecule has 3 rings (SSSR count). The number of aromatic nitrogens is 2. The Bertz CT molecular complexity index is 1130. The molecule has 180 valence electrons. The predicted molar refractivity (Wildman–Crippen MR) is 124 cm³/mol. The van der Waals surface area contributed by atoms with E-state index in [0.29, 0.717) is 23.4 Å². The van der Waals surface area contributed by atoms with Crippen molar-refractivity contribution in [3.05, 3.63) is 95.2 Å². The normalized spacial score (nSPS) is 13.7. The van der Waals surface area contributed by atoms with Gasteiger partial charge in [-0.05, 0) is 43.7 Å². The molecule has 6 nitrogen and oxygen atoms in total. The molecular formula is C25H27F3N4O2. The molecule has 34 heavy (non-hydrogen) atoms. The van der Waals surface area contributed by atoms with Gasteiger partial charge in [-0.15, -0.1) is 0 Å². The monoisotopic (exact) mass is 472 g/mol. The van der Waals surface area contributed by atoms with Crippen LogP contribution in [-0.2, 0) is 17.9 Å². The first kappa shape index (κ1) is 25.2. The van der Waals surface area contributed by atoms with Crippen molar-refractivity contribution in [3.63, 3.8) is 0 Å². The molecule has 1 unspecified atom stereocenters. The van der Waals surface area contributed by atoms with Crippen LogP contribution in [0.1, 0.15) is 42.7 Å². The van der Waals surface area contributed by atoms with Gasteiger partial charge < -0.3 is 15.2 Å². The zero-order valence-corrected chi connectivity index (χ0v) is 18.9. The first-order chi connectivity index (χ1) is 16.3. The molecule has 0 spiro atoms. The van der Waals surface area contributed by atoms with Gasteiger partial charge in [-0.3, -0.25) is 10.1 Å². The summed E-state index contributed by atoms with van der Waals surface area (Å²) in [6, 6.07) is 13.4. The van der Waals surface area contributed by atoms with Gasteiger partial charge in [0.15, 0.2) is 0 Å². The lowest BCUT2D eigenvalue weighted by atomic mass is 10.0. The van der Waals surface area contributed by atoms with Crippen molar-refractivity contribution in [2.75, 3.05) is 5.32 Å². The number of hydrogen-bond donors (Lipinski definition) is 3. The number of halogens is 3. The number of benzene rings is 2. The number of rotatable bonds is 11. The summed E-state index contributed by atoms with van der Waals surface area (Å²) in [5.74, 6) is -0.494. The summed E-state index contributed by atoms with van der Waals surface area (Å²) >= 11 is 0. The molecule has 2 aromatic carbocycles. The number of aryl methyl sites for hydroxylation is 1. The van der Waals surface area contributed by atoms with E-state index in [1.165, 1.54) is 24.4 Å². The minimum absolute atomic E-state index is 0.0657. The van der Waals surface area contributed by atoms with Crippen LogP contribution in [0.15, 0.2) is 72.7 Å². The maximum absolute atomic E-state index is 14.1. The summed E-state index contributed by atoms with van der Waals surface area (Å²) < 4.78 is 47.8. The van der Waals surface area contributed by atoms with Gasteiger partial charge in [0, 0.05) is 29.6 Å². The summed E-state index contributed by atoms with van der Waals surface area (Å²) in [4.78, 5) is 0. The highest BCUT2D eigenvalue weighted by Gasteiger charge is 2.21. The predicted octanol–water partition coefficient (Wildman–Crippen LogP) is 5.63. The van der Waals surface area contributed by atoms with Crippen LogP contribution in [0.3, 0.4) is 0 Å². The minimum atomic E-state index is -3.02. The largest absolute Gasteiger partial charge is 0.382 e. The second-order valence-corrected chi connectivity index (χ2v) is 7.68. The lowest BCUT2D eigenvalue weighted by Gasteiger charge is -2.22. The Morgan fingerprint density at radius 3 is 2.62 bits per heavy atom. The Kier molecular flexibility index (Phi) is 8.61. The van der Waals surface area contributed by atoms with E-state index in [4.69, 9.17) is 10.1 Å². The maximum Gasteiger partial charge on any atom is 0.279 e. The number of hydrogen-bond acceptors (Lipinski definition) is 5. The standard InChI is InChI=1S/C25H27F3N4O2/c1-3-32-14-18(13-30-32)24(33)23(12-21(29)25(27)28)31-22-10-9-19(26)11-20(22)16(2)34-15-17-7-5-4-6-8-17/h4-14,16,24-25,29,31,33H,3,15H2,1-2H3/b23-12-,29-21?/t16-,24?/m1/s1. The van der Waals surface area contributed by atoms with Crippen LogP contribution in [0.25, 0.3) is 0 Å². The summed E-state index contributed by atoms with van der Waals surface area (Å²) in [7, 11) is 0. The van der Waals surface area contributed by atoms with Gasteiger partial charge in [0.25, 0.3) is 6.43 Å². The van der Waals surface area contributed by atoms with Gasteiger partial charge in [0.1, 0.15) is 11.9 Å². The molecule has 9 heteroatoms. The van der Waals surface area contributed by atoms with Crippen molar-refractivity contribution in [2.45, 2.75) is 45.6 Å². The first-order valence-electron chi connectivity index (χ1n) is 10.8. The Labute approximate surface area is 196 Å². The smallest absolute Gasteiger partial charge is 0.279 e. The van der Waals surface area contributed by atoms with E-state index in [1.807, 2.05) is 37.3 Å². The topological polar surface area (TPSA) is 83.2 Å². The summed E-state index contributed by atoms with van der Waals surface area (Å²) in [5.41, 5.74) is 1.05.